The first kappa shape index (κ1) is 15.5. The molecule has 21 heavy (non-hydrogen) atoms. The average Bonchev–Trinajstić information content (AvgIpc) is 2.61. The number of fused-ring (bicyclic) bond motifs is 1. The molecule has 1 unspecified atom stereocenters. The standard InChI is InChI=1S/C19H23NO/c1-12-8-9-13-14(11-19(5,6)15(13)10-12)16(20-7)17(21)18(2,3)4/h8-11,16H,1-6H3. The maximum atomic E-state index is 12.6. The Hall–Kier alpha value is -1.88. The molecule has 0 N–H and O–H groups in total. The second-order valence-electron chi connectivity index (χ2n) is 7.52. The summed E-state index contributed by atoms with van der Waals surface area (Å²) in [4.78, 5) is 16.3. The quantitative estimate of drug-likeness (QED) is 0.727. The Bertz CT molecular complexity index is 666. The molecular formula is C19H23NO. The lowest BCUT2D eigenvalue weighted by Gasteiger charge is -2.18. The predicted molar refractivity (Wildman–Crippen MR) is 87.0 cm³/mol. The lowest BCUT2D eigenvalue weighted by atomic mass is 9.83. The number of aryl methyl sites for hydroxylation is 1. The molecule has 1 aromatic rings. The number of carbonyl (C=O) groups excluding carboxylic acids is 1. The molecule has 1 aliphatic carbocycles. The molecule has 0 radical (unpaired) electrons. The molecule has 0 aromatic heterocycles. The minimum Gasteiger partial charge on any atom is -0.300 e. The molecular weight excluding hydrogens is 258 g/mol. The summed E-state index contributed by atoms with van der Waals surface area (Å²) in [5.41, 5.74) is 3.73. The molecule has 110 valence electrons. The van der Waals surface area contributed by atoms with E-state index >= 15 is 0 Å². The fraction of sp³-hybridized carbons (Fsp3) is 0.474. The SMILES string of the molecule is [C-]#[N+]C(C(=O)C(C)(C)C)C1=CC(C)(C)c2cc(C)ccc21. The molecule has 0 spiro atoms. The zero-order valence-corrected chi connectivity index (χ0v) is 13.7. The summed E-state index contributed by atoms with van der Waals surface area (Å²) >= 11 is 0. The monoisotopic (exact) mass is 281 g/mol. The third-order valence-electron chi connectivity index (χ3n) is 4.11. The smallest absolute Gasteiger partial charge is 0.300 e. The molecule has 0 heterocycles. The van der Waals surface area contributed by atoms with Gasteiger partial charge in [0.25, 0.3) is 0 Å². The Balaban J connectivity index is 2.57. The van der Waals surface area contributed by atoms with Crippen LogP contribution < -0.4 is 0 Å². The van der Waals surface area contributed by atoms with E-state index in [2.05, 4.69) is 49.9 Å². The van der Waals surface area contributed by atoms with E-state index in [4.69, 9.17) is 6.57 Å². The number of allylic oxidation sites excluding steroid dienone is 1. The van der Waals surface area contributed by atoms with Crippen LogP contribution in [0.1, 0.15) is 51.3 Å². The van der Waals surface area contributed by atoms with Crippen LogP contribution in [0.3, 0.4) is 0 Å². The zero-order chi connectivity index (χ0) is 16.0. The van der Waals surface area contributed by atoms with Crippen molar-refractivity contribution < 1.29 is 4.79 Å². The van der Waals surface area contributed by atoms with Crippen molar-refractivity contribution in [2.75, 3.05) is 0 Å². The highest BCUT2D eigenvalue weighted by molar-refractivity contribution is 6.03. The second-order valence-corrected chi connectivity index (χ2v) is 7.52. The molecule has 1 aliphatic rings. The van der Waals surface area contributed by atoms with Gasteiger partial charge in [-0.1, -0.05) is 64.5 Å². The highest BCUT2D eigenvalue weighted by Crippen LogP contribution is 2.43. The van der Waals surface area contributed by atoms with E-state index in [0.29, 0.717) is 0 Å². The Kier molecular flexibility index (Phi) is 3.58. The molecule has 2 heteroatoms. The van der Waals surface area contributed by atoms with Crippen molar-refractivity contribution in [1.82, 2.24) is 0 Å². The maximum Gasteiger partial charge on any atom is 0.306 e. The van der Waals surface area contributed by atoms with Gasteiger partial charge in [-0.15, -0.1) is 0 Å². The molecule has 0 bridgehead atoms. The molecule has 1 atom stereocenters. The Labute approximate surface area is 127 Å². The summed E-state index contributed by atoms with van der Waals surface area (Å²) in [6.07, 6.45) is 2.10. The van der Waals surface area contributed by atoms with Crippen LogP contribution in [0.25, 0.3) is 10.4 Å². The third kappa shape index (κ3) is 2.65. The highest BCUT2D eigenvalue weighted by Gasteiger charge is 2.42. The Morgan fingerprint density at radius 3 is 2.43 bits per heavy atom. The molecule has 2 nitrogen and oxygen atoms in total. The summed E-state index contributed by atoms with van der Waals surface area (Å²) in [6.45, 7) is 19.5. The van der Waals surface area contributed by atoms with Crippen LogP contribution in [0.4, 0.5) is 0 Å². The van der Waals surface area contributed by atoms with E-state index in [0.717, 1.165) is 11.1 Å². The molecule has 0 saturated carbocycles. The van der Waals surface area contributed by atoms with Crippen molar-refractivity contribution >= 4 is 11.4 Å². The van der Waals surface area contributed by atoms with Gasteiger partial charge in [0.05, 0.1) is 0 Å². The van der Waals surface area contributed by atoms with Crippen LogP contribution in [0, 0.1) is 18.9 Å². The molecule has 1 aromatic carbocycles. The first-order valence-electron chi connectivity index (χ1n) is 7.33. The van der Waals surface area contributed by atoms with E-state index in [-0.39, 0.29) is 11.2 Å². The van der Waals surface area contributed by atoms with Crippen LogP contribution in [0.2, 0.25) is 0 Å². The first-order chi connectivity index (χ1) is 9.58. The average molecular weight is 281 g/mol. The summed E-state index contributed by atoms with van der Waals surface area (Å²) in [5, 5.41) is 0. The third-order valence-corrected chi connectivity index (χ3v) is 4.11. The number of rotatable bonds is 2. The summed E-state index contributed by atoms with van der Waals surface area (Å²) in [6, 6.07) is 5.57. The molecule has 0 aliphatic heterocycles. The lowest BCUT2D eigenvalue weighted by Crippen LogP contribution is -2.31. The van der Waals surface area contributed by atoms with Crippen molar-refractivity contribution in [2.45, 2.75) is 53.0 Å². The zero-order valence-electron chi connectivity index (χ0n) is 13.7. The fourth-order valence-corrected chi connectivity index (χ4v) is 2.89. The van der Waals surface area contributed by atoms with E-state index in [1.165, 1.54) is 11.1 Å². The number of nitrogens with zero attached hydrogens (tertiary/aromatic N) is 1. The summed E-state index contributed by atoms with van der Waals surface area (Å²) in [7, 11) is 0. The minimum atomic E-state index is -0.701. The molecule has 0 amide bonds. The van der Waals surface area contributed by atoms with Gasteiger partial charge < -0.3 is 0 Å². The minimum absolute atomic E-state index is 0.00650. The first-order valence-corrected chi connectivity index (χ1v) is 7.33. The van der Waals surface area contributed by atoms with Crippen LogP contribution in [-0.4, -0.2) is 11.8 Å². The van der Waals surface area contributed by atoms with Gasteiger partial charge >= 0.3 is 6.04 Å². The molecule has 0 saturated heterocycles. The van der Waals surface area contributed by atoms with Gasteiger partial charge in [0.1, 0.15) is 0 Å². The normalized spacial score (nSPS) is 17.7. The topological polar surface area (TPSA) is 21.4 Å². The number of hydrogen-bond acceptors (Lipinski definition) is 1. The number of Topliss-reactive ketones (excluding diaryl/α,β-unsaturated/α-hetero) is 1. The summed E-state index contributed by atoms with van der Waals surface area (Å²) < 4.78 is 0. The number of benzene rings is 1. The van der Waals surface area contributed by atoms with Gasteiger partial charge in [-0.3, -0.25) is 9.64 Å². The van der Waals surface area contributed by atoms with Crippen molar-refractivity contribution in [3.8, 4) is 0 Å². The van der Waals surface area contributed by atoms with E-state index in [9.17, 15) is 4.79 Å². The number of ketones is 1. The van der Waals surface area contributed by atoms with Crippen molar-refractivity contribution in [3.63, 3.8) is 0 Å². The molecule has 2 rings (SSSR count). The van der Waals surface area contributed by atoms with Crippen LogP contribution in [-0.2, 0) is 10.2 Å². The Morgan fingerprint density at radius 1 is 1.29 bits per heavy atom. The van der Waals surface area contributed by atoms with Crippen LogP contribution in [0.5, 0.6) is 0 Å². The van der Waals surface area contributed by atoms with Crippen molar-refractivity contribution in [2.24, 2.45) is 5.41 Å². The highest BCUT2D eigenvalue weighted by atomic mass is 16.1. The fourth-order valence-electron chi connectivity index (χ4n) is 2.89. The van der Waals surface area contributed by atoms with Gasteiger partial charge in [-0.05, 0) is 18.1 Å². The second kappa shape index (κ2) is 4.84. The van der Waals surface area contributed by atoms with Gasteiger partial charge in [-0.2, -0.15) is 0 Å². The van der Waals surface area contributed by atoms with Gasteiger partial charge in [0.2, 0.25) is 5.78 Å². The van der Waals surface area contributed by atoms with Crippen LogP contribution in [0.15, 0.2) is 24.3 Å². The summed E-state index contributed by atoms with van der Waals surface area (Å²) in [5.74, 6) is -0.00650. The van der Waals surface area contributed by atoms with Gasteiger partial charge in [-0.25, -0.2) is 6.57 Å². The van der Waals surface area contributed by atoms with Gasteiger partial charge in [0, 0.05) is 16.4 Å². The predicted octanol–water partition coefficient (Wildman–Crippen LogP) is 4.57. The van der Waals surface area contributed by atoms with Crippen LogP contribution >= 0.6 is 0 Å². The van der Waals surface area contributed by atoms with Crippen molar-refractivity contribution in [1.29, 1.82) is 0 Å². The van der Waals surface area contributed by atoms with E-state index < -0.39 is 11.5 Å². The van der Waals surface area contributed by atoms with E-state index in [1.807, 2.05) is 20.8 Å². The lowest BCUT2D eigenvalue weighted by molar-refractivity contribution is -0.125. The number of hydrogen-bond donors (Lipinski definition) is 0. The van der Waals surface area contributed by atoms with Crippen molar-refractivity contribution in [3.05, 3.63) is 52.4 Å². The number of carbonyl (C=O) groups is 1. The van der Waals surface area contributed by atoms with E-state index in [1.54, 1.807) is 0 Å². The largest absolute Gasteiger partial charge is 0.306 e. The molecule has 0 fully saturated rings. The Morgan fingerprint density at radius 2 is 1.90 bits per heavy atom. The van der Waals surface area contributed by atoms with Gasteiger partial charge in [0.15, 0.2) is 0 Å². The maximum absolute atomic E-state index is 12.6.